The fourth-order valence-corrected chi connectivity index (χ4v) is 5.87. The maximum absolute atomic E-state index is 13.5. The molecule has 8 heteroatoms. The van der Waals surface area contributed by atoms with Gasteiger partial charge >= 0.3 is 0 Å². The summed E-state index contributed by atoms with van der Waals surface area (Å²) in [6.45, 7) is 6.06. The second kappa shape index (κ2) is 7.32. The van der Waals surface area contributed by atoms with Gasteiger partial charge in [0.15, 0.2) is 20.3 Å². The Balaban J connectivity index is 1.74. The van der Waals surface area contributed by atoms with Gasteiger partial charge in [-0.15, -0.1) is 0 Å². The van der Waals surface area contributed by atoms with Crippen molar-refractivity contribution in [2.24, 2.45) is 0 Å². The average Bonchev–Trinajstić information content (AvgIpc) is 3.31. The summed E-state index contributed by atoms with van der Waals surface area (Å²) in [4.78, 5) is 15.1. The van der Waals surface area contributed by atoms with Crippen LogP contribution in [0, 0.1) is 20.8 Å². The number of benzene rings is 1. The molecule has 2 aromatic heterocycles. The fraction of sp³-hybridized carbons (Fsp3) is 0.381. The van der Waals surface area contributed by atoms with E-state index in [1.54, 1.807) is 17.0 Å². The molecule has 3 heterocycles. The third-order valence-corrected chi connectivity index (χ3v) is 7.79. The van der Waals surface area contributed by atoms with Crippen molar-refractivity contribution in [2.45, 2.75) is 39.8 Å². The number of carbonyl (C=O) groups is 1. The Morgan fingerprint density at radius 3 is 2.52 bits per heavy atom. The van der Waals surface area contributed by atoms with E-state index in [4.69, 9.17) is 8.83 Å². The first-order valence-corrected chi connectivity index (χ1v) is 12.0. The van der Waals surface area contributed by atoms with E-state index in [1.807, 2.05) is 32.9 Å². The van der Waals surface area contributed by atoms with Gasteiger partial charge in [0.25, 0.3) is 5.91 Å². The molecule has 1 aromatic carbocycles. The van der Waals surface area contributed by atoms with Gasteiger partial charge in [0.1, 0.15) is 11.3 Å². The van der Waals surface area contributed by atoms with Crippen molar-refractivity contribution in [3.8, 4) is 0 Å². The summed E-state index contributed by atoms with van der Waals surface area (Å²) >= 11 is 3.27. The van der Waals surface area contributed by atoms with E-state index in [1.165, 1.54) is 0 Å². The third kappa shape index (κ3) is 3.88. The third-order valence-electron chi connectivity index (χ3n) is 5.61. The zero-order valence-corrected chi connectivity index (χ0v) is 18.9. The predicted octanol–water partition coefficient (Wildman–Crippen LogP) is 4.54. The largest absolute Gasteiger partial charge is 0.452 e. The molecule has 154 valence electrons. The molecule has 0 unspecified atom stereocenters. The molecule has 4 rings (SSSR count). The summed E-state index contributed by atoms with van der Waals surface area (Å²) < 4.78 is 36.2. The minimum absolute atomic E-state index is 0.0435. The topological polar surface area (TPSA) is 80.7 Å². The molecule has 0 saturated carbocycles. The van der Waals surface area contributed by atoms with Gasteiger partial charge < -0.3 is 13.7 Å². The number of hydrogen-bond donors (Lipinski definition) is 0. The number of carbonyl (C=O) groups excluding carboxylic acids is 1. The summed E-state index contributed by atoms with van der Waals surface area (Å²) in [5.74, 6) is 0.553. The molecule has 29 heavy (non-hydrogen) atoms. The molecule has 1 aliphatic rings. The SMILES string of the molecule is Cc1cc2oc(C(=O)N(Cc3ccc(Br)o3)[C@@H]3CCS(=O)(=O)C3)c(C)c2cc1C. The van der Waals surface area contributed by atoms with Gasteiger partial charge in [0.05, 0.1) is 18.1 Å². The van der Waals surface area contributed by atoms with Crippen LogP contribution in [-0.4, -0.2) is 36.8 Å². The predicted molar refractivity (Wildman–Crippen MR) is 114 cm³/mol. The van der Waals surface area contributed by atoms with Crippen LogP contribution in [0.5, 0.6) is 0 Å². The molecule has 1 atom stereocenters. The first-order chi connectivity index (χ1) is 13.6. The minimum atomic E-state index is -3.15. The van der Waals surface area contributed by atoms with E-state index in [-0.39, 0.29) is 29.7 Å². The zero-order chi connectivity index (χ0) is 20.9. The van der Waals surface area contributed by atoms with Crippen LogP contribution in [0.25, 0.3) is 11.0 Å². The Kier molecular flexibility index (Phi) is 5.11. The zero-order valence-electron chi connectivity index (χ0n) is 16.5. The van der Waals surface area contributed by atoms with Crippen LogP contribution in [0.1, 0.15) is 39.4 Å². The lowest BCUT2D eigenvalue weighted by atomic mass is 10.0. The highest BCUT2D eigenvalue weighted by atomic mass is 79.9. The molecule has 0 radical (unpaired) electrons. The van der Waals surface area contributed by atoms with E-state index in [0.29, 0.717) is 22.4 Å². The van der Waals surface area contributed by atoms with Crippen molar-refractivity contribution in [2.75, 3.05) is 11.5 Å². The fourth-order valence-electron chi connectivity index (χ4n) is 3.80. The highest BCUT2D eigenvalue weighted by Crippen LogP contribution is 2.31. The maximum atomic E-state index is 13.5. The van der Waals surface area contributed by atoms with Crippen molar-refractivity contribution < 1.29 is 22.0 Å². The van der Waals surface area contributed by atoms with Crippen molar-refractivity contribution in [3.05, 3.63) is 57.1 Å². The standard InChI is InChI=1S/C21H22BrNO5S/c1-12-8-17-14(3)20(28-18(17)9-13(12)2)21(24)23(10-16-4-5-19(22)27-16)15-6-7-29(25,26)11-15/h4-5,8-9,15H,6-7,10-11H2,1-3H3/t15-/m1/s1. The molecule has 1 fully saturated rings. The van der Waals surface area contributed by atoms with Gasteiger partial charge in [0.2, 0.25) is 0 Å². The smallest absolute Gasteiger partial charge is 0.290 e. The first kappa shape index (κ1) is 20.2. The number of amides is 1. The van der Waals surface area contributed by atoms with Gasteiger partial charge in [-0.3, -0.25) is 4.79 Å². The quantitative estimate of drug-likeness (QED) is 0.548. The number of rotatable bonds is 4. The number of hydrogen-bond acceptors (Lipinski definition) is 5. The van der Waals surface area contributed by atoms with E-state index < -0.39 is 15.9 Å². The van der Waals surface area contributed by atoms with Crippen LogP contribution in [0.4, 0.5) is 0 Å². The molecule has 1 saturated heterocycles. The number of sulfone groups is 1. The monoisotopic (exact) mass is 479 g/mol. The van der Waals surface area contributed by atoms with E-state index >= 15 is 0 Å². The van der Waals surface area contributed by atoms with Crippen molar-refractivity contribution >= 4 is 42.6 Å². The van der Waals surface area contributed by atoms with Gasteiger partial charge in [-0.25, -0.2) is 8.42 Å². The van der Waals surface area contributed by atoms with E-state index in [9.17, 15) is 13.2 Å². The highest BCUT2D eigenvalue weighted by Gasteiger charge is 2.37. The second-order valence-electron chi connectivity index (χ2n) is 7.68. The van der Waals surface area contributed by atoms with E-state index in [2.05, 4.69) is 15.9 Å². The van der Waals surface area contributed by atoms with Gasteiger partial charge in [-0.05, 0) is 78.5 Å². The van der Waals surface area contributed by atoms with Crippen molar-refractivity contribution in [1.82, 2.24) is 4.90 Å². The van der Waals surface area contributed by atoms with E-state index in [0.717, 1.165) is 22.1 Å². The number of halogens is 1. The average molecular weight is 480 g/mol. The maximum Gasteiger partial charge on any atom is 0.290 e. The Bertz CT molecular complexity index is 1210. The number of fused-ring (bicyclic) bond motifs is 1. The van der Waals surface area contributed by atoms with Crippen LogP contribution in [-0.2, 0) is 16.4 Å². The molecular weight excluding hydrogens is 458 g/mol. The Morgan fingerprint density at radius 1 is 1.17 bits per heavy atom. The molecule has 3 aromatic rings. The van der Waals surface area contributed by atoms with Crippen LogP contribution < -0.4 is 0 Å². The Morgan fingerprint density at radius 2 is 1.90 bits per heavy atom. The Labute approximate surface area is 177 Å². The lowest BCUT2D eigenvalue weighted by molar-refractivity contribution is 0.0634. The van der Waals surface area contributed by atoms with Crippen molar-refractivity contribution in [1.29, 1.82) is 0 Å². The molecule has 0 N–H and O–H groups in total. The lowest BCUT2D eigenvalue weighted by Crippen LogP contribution is -2.40. The molecule has 1 aliphatic heterocycles. The number of furan rings is 2. The normalized spacial score (nSPS) is 18.4. The summed E-state index contributed by atoms with van der Waals surface area (Å²) in [5.41, 5.74) is 3.64. The van der Waals surface area contributed by atoms with Crippen LogP contribution in [0.3, 0.4) is 0 Å². The molecule has 0 spiro atoms. The molecule has 6 nitrogen and oxygen atoms in total. The summed E-state index contributed by atoms with van der Waals surface area (Å²) in [6, 6.07) is 7.07. The highest BCUT2D eigenvalue weighted by molar-refractivity contribution is 9.10. The summed E-state index contributed by atoms with van der Waals surface area (Å²) in [5, 5.41) is 0.899. The summed E-state index contributed by atoms with van der Waals surface area (Å²) in [7, 11) is -3.15. The molecule has 1 amide bonds. The minimum Gasteiger partial charge on any atom is -0.452 e. The van der Waals surface area contributed by atoms with Crippen LogP contribution in [0.2, 0.25) is 0 Å². The number of nitrogens with zero attached hydrogens (tertiary/aromatic N) is 1. The van der Waals surface area contributed by atoms with Gasteiger partial charge in [0, 0.05) is 17.0 Å². The summed E-state index contributed by atoms with van der Waals surface area (Å²) in [6.07, 6.45) is 0.410. The van der Waals surface area contributed by atoms with Crippen LogP contribution >= 0.6 is 15.9 Å². The first-order valence-electron chi connectivity index (χ1n) is 9.40. The van der Waals surface area contributed by atoms with Gasteiger partial charge in [-0.1, -0.05) is 0 Å². The van der Waals surface area contributed by atoms with Gasteiger partial charge in [-0.2, -0.15) is 0 Å². The number of aryl methyl sites for hydroxylation is 3. The van der Waals surface area contributed by atoms with Crippen LogP contribution in [0.15, 0.2) is 37.8 Å². The van der Waals surface area contributed by atoms with Crippen molar-refractivity contribution in [3.63, 3.8) is 0 Å². The lowest BCUT2D eigenvalue weighted by Gasteiger charge is -2.26. The Hall–Kier alpha value is -2.06. The second-order valence-corrected chi connectivity index (χ2v) is 10.7. The molecule has 0 bridgehead atoms. The molecule has 0 aliphatic carbocycles. The molecular formula is C21H22BrNO5S.